The third kappa shape index (κ3) is 27.7. The topological polar surface area (TPSA) is 21.8 Å². The molecule has 0 bridgehead atoms. The van der Waals surface area contributed by atoms with Gasteiger partial charge in [0.25, 0.3) is 0 Å². The number of alkyl halides is 1. The van der Waals surface area contributed by atoms with Crippen LogP contribution in [0.15, 0.2) is 48.6 Å². The molecule has 3 heteroatoms. The number of ether oxygens (including phenoxy) is 2. The Morgan fingerprint density at radius 1 is 0.561 bits per heavy atom. The highest BCUT2D eigenvalue weighted by Crippen LogP contribution is 2.30. The Kier molecular flexibility index (Phi) is 28.5. The van der Waals surface area contributed by atoms with Crippen LogP contribution in [0.4, 0.5) is 0 Å². The first-order chi connectivity index (χ1) is 20.3. The Morgan fingerprint density at radius 2 is 1.02 bits per heavy atom. The highest BCUT2D eigenvalue weighted by molar-refractivity contribution is 6.20. The number of hydrogen-bond donors (Lipinski definition) is 0. The molecule has 1 saturated heterocycles. The average Bonchev–Trinajstić information content (AvgIpc) is 3.73. The molecule has 0 amide bonds. The van der Waals surface area contributed by atoms with Crippen molar-refractivity contribution in [3.63, 3.8) is 0 Å². The molecule has 1 fully saturated rings. The molecule has 238 valence electrons. The smallest absolute Gasteiger partial charge is 0.0863 e. The zero-order valence-electron chi connectivity index (χ0n) is 27.2. The van der Waals surface area contributed by atoms with E-state index in [0.29, 0.717) is 18.8 Å². The SMILES string of the molecule is CCCCC/C=C\C/C=C\CCCCCCC(Cl)COCC[C@H]1OC1CCCCCC/C=C\C/C=C\CCCCC. The van der Waals surface area contributed by atoms with Crippen LogP contribution in [0.5, 0.6) is 0 Å². The molecule has 3 atom stereocenters. The molecule has 0 aromatic heterocycles. The maximum absolute atomic E-state index is 6.48. The first-order valence-electron chi connectivity index (χ1n) is 17.7. The zero-order chi connectivity index (χ0) is 29.5. The van der Waals surface area contributed by atoms with Crippen molar-refractivity contribution in [3.05, 3.63) is 48.6 Å². The molecule has 0 N–H and O–H groups in total. The van der Waals surface area contributed by atoms with Crippen LogP contribution in [0.25, 0.3) is 0 Å². The second kappa shape index (κ2) is 30.6. The van der Waals surface area contributed by atoms with E-state index in [1.165, 1.54) is 122 Å². The summed E-state index contributed by atoms with van der Waals surface area (Å²) < 4.78 is 11.7. The normalized spacial score (nSPS) is 18.1. The predicted molar refractivity (Wildman–Crippen MR) is 183 cm³/mol. The van der Waals surface area contributed by atoms with Crippen molar-refractivity contribution in [2.24, 2.45) is 0 Å². The van der Waals surface area contributed by atoms with Crippen LogP contribution in [-0.4, -0.2) is 30.8 Å². The maximum atomic E-state index is 6.48. The first kappa shape index (κ1) is 38.2. The average molecular weight is 591 g/mol. The lowest BCUT2D eigenvalue weighted by Crippen LogP contribution is -2.11. The number of epoxide rings is 1. The summed E-state index contributed by atoms with van der Waals surface area (Å²) in [5.41, 5.74) is 0. The van der Waals surface area contributed by atoms with Gasteiger partial charge in [0, 0.05) is 6.61 Å². The molecule has 0 radical (unpaired) electrons. The van der Waals surface area contributed by atoms with Crippen molar-refractivity contribution >= 4 is 11.6 Å². The van der Waals surface area contributed by atoms with Gasteiger partial charge in [-0.3, -0.25) is 0 Å². The molecular weight excluding hydrogens is 524 g/mol. The lowest BCUT2D eigenvalue weighted by Gasteiger charge is -2.09. The van der Waals surface area contributed by atoms with Crippen molar-refractivity contribution in [2.45, 2.75) is 179 Å². The predicted octanol–water partition coefficient (Wildman–Crippen LogP) is 12.6. The molecule has 2 nitrogen and oxygen atoms in total. The van der Waals surface area contributed by atoms with Crippen molar-refractivity contribution in [1.82, 2.24) is 0 Å². The summed E-state index contributed by atoms with van der Waals surface area (Å²) in [6.45, 7) is 5.98. The van der Waals surface area contributed by atoms with E-state index < -0.39 is 0 Å². The van der Waals surface area contributed by atoms with Gasteiger partial charge in [0.2, 0.25) is 0 Å². The third-order valence-corrected chi connectivity index (χ3v) is 8.28. The van der Waals surface area contributed by atoms with Crippen LogP contribution in [-0.2, 0) is 9.47 Å². The highest BCUT2D eigenvalue weighted by Gasteiger charge is 2.37. The molecule has 1 aliphatic heterocycles. The highest BCUT2D eigenvalue weighted by atomic mass is 35.5. The number of unbranched alkanes of at least 4 members (excludes halogenated alkanes) is 14. The summed E-state index contributed by atoms with van der Waals surface area (Å²) in [5.74, 6) is 0. The van der Waals surface area contributed by atoms with Gasteiger partial charge < -0.3 is 9.47 Å². The van der Waals surface area contributed by atoms with Crippen molar-refractivity contribution in [3.8, 4) is 0 Å². The second-order valence-corrected chi connectivity index (χ2v) is 12.6. The Balaban J connectivity index is 1.79. The summed E-state index contributed by atoms with van der Waals surface area (Å²) in [7, 11) is 0. The minimum Gasteiger partial charge on any atom is -0.380 e. The third-order valence-electron chi connectivity index (χ3n) is 7.94. The summed E-state index contributed by atoms with van der Waals surface area (Å²) in [4.78, 5) is 0. The van der Waals surface area contributed by atoms with Gasteiger partial charge in [0.1, 0.15) is 0 Å². The van der Waals surface area contributed by atoms with Gasteiger partial charge in [-0.05, 0) is 83.5 Å². The molecule has 0 spiro atoms. The molecule has 2 unspecified atom stereocenters. The van der Waals surface area contributed by atoms with E-state index >= 15 is 0 Å². The fraction of sp³-hybridized carbons (Fsp3) is 0.789. The van der Waals surface area contributed by atoms with Crippen LogP contribution in [0.3, 0.4) is 0 Å². The van der Waals surface area contributed by atoms with Gasteiger partial charge in [-0.25, -0.2) is 0 Å². The molecule has 41 heavy (non-hydrogen) atoms. The quantitative estimate of drug-likeness (QED) is 0.0346. The Hall–Kier alpha value is -0.830. The van der Waals surface area contributed by atoms with E-state index in [9.17, 15) is 0 Å². The van der Waals surface area contributed by atoms with Crippen LogP contribution >= 0.6 is 11.6 Å². The maximum Gasteiger partial charge on any atom is 0.0863 e. The molecule has 0 aliphatic carbocycles. The van der Waals surface area contributed by atoms with Crippen molar-refractivity contribution in [2.75, 3.05) is 13.2 Å². The van der Waals surface area contributed by atoms with Crippen LogP contribution in [0, 0.1) is 0 Å². The largest absolute Gasteiger partial charge is 0.380 e. The van der Waals surface area contributed by atoms with Gasteiger partial charge in [-0.15, -0.1) is 11.6 Å². The van der Waals surface area contributed by atoms with Gasteiger partial charge in [-0.1, -0.05) is 127 Å². The number of hydrogen-bond acceptors (Lipinski definition) is 2. The van der Waals surface area contributed by atoms with Crippen LogP contribution < -0.4 is 0 Å². The fourth-order valence-electron chi connectivity index (χ4n) is 5.16. The Bertz CT molecular complexity index is 653. The summed E-state index contributed by atoms with van der Waals surface area (Å²) >= 11 is 6.48. The van der Waals surface area contributed by atoms with E-state index in [1.807, 2.05) is 0 Å². The Labute approximate surface area is 261 Å². The second-order valence-electron chi connectivity index (χ2n) is 12.0. The van der Waals surface area contributed by atoms with Crippen LogP contribution in [0.1, 0.15) is 162 Å². The molecule has 0 aromatic rings. The van der Waals surface area contributed by atoms with E-state index in [-0.39, 0.29) is 5.38 Å². The van der Waals surface area contributed by atoms with E-state index in [0.717, 1.165) is 32.3 Å². The van der Waals surface area contributed by atoms with E-state index in [2.05, 4.69) is 62.5 Å². The van der Waals surface area contributed by atoms with Crippen molar-refractivity contribution < 1.29 is 9.47 Å². The van der Waals surface area contributed by atoms with E-state index in [1.54, 1.807) is 0 Å². The summed E-state index contributed by atoms with van der Waals surface area (Å²) in [6.07, 6.45) is 48.3. The minimum absolute atomic E-state index is 0.150. The lowest BCUT2D eigenvalue weighted by molar-refractivity contribution is 0.123. The molecule has 1 rings (SSSR count). The number of allylic oxidation sites excluding steroid dienone is 8. The van der Waals surface area contributed by atoms with Gasteiger partial charge in [0.15, 0.2) is 0 Å². The summed E-state index contributed by atoms with van der Waals surface area (Å²) in [6, 6.07) is 0. The molecule has 1 aliphatic rings. The lowest BCUT2D eigenvalue weighted by atomic mass is 10.1. The fourth-order valence-corrected chi connectivity index (χ4v) is 5.41. The molecule has 0 saturated carbocycles. The molecule has 1 heterocycles. The van der Waals surface area contributed by atoms with Gasteiger partial charge >= 0.3 is 0 Å². The molecular formula is C38H67ClO2. The van der Waals surface area contributed by atoms with E-state index in [4.69, 9.17) is 21.1 Å². The standard InChI is InChI=1S/C38H67ClO2/c1-3-5-7-9-11-13-15-17-19-21-23-25-27-29-31-36(39)35-40-34-33-38-37(41-38)32-30-28-26-24-22-20-18-16-14-12-10-8-6-4-2/h11-14,17-20,36-38H,3-10,15-16,21-35H2,1-2H3/b13-11-,14-12-,19-17-,20-18-/t36?,37?,38-/m1/s1. The number of rotatable bonds is 31. The van der Waals surface area contributed by atoms with Crippen LogP contribution in [0.2, 0.25) is 0 Å². The summed E-state index contributed by atoms with van der Waals surface area (Å²) in [5, 5.41) is 0.150. The molecule has 0 aromatic carbocycles. The van der Waals surface area contributed by atoms with Gasteiger partial charge in [0.05, 0.1) is 24.2 Å². The Morgan fingerprint density at radius 3 is 1.56 bits per heavy atom. The zero-order valence-corrected chi connectivity index (χ0v) is 28.0. The number of halogens is 1. The van der Waals surface area contributed by atoms with Gasteiger partial charge in [-0.2, -0.15) is 0 Å². The van der Waals surface area contributed by atoms with Crippen molar-refractivity contribution in [1.29, 1.82) is 0 Å². The minimum atomic E-state index is 0.150. The first-order valence-corrected chi connectivity index (χ1v) is 18.2. The monoisotopic (exact) mass is 590 g/mol.